The lowest BCUT2D eigenvalue weighted by molar-refractivity contribution is -0.154. The topological polar surface area (TPSA) is 126 Å². The fourth-order valence-electron chi connectivity index (χ4n) is 6.61. The fourth-order valence-corrected chi connectivity index (χ4v) is 8.46. The average molecular weight is 597 g/mol. The maximum absolute atomic E-state index is 13.8. The van der Waals surface area contributed by atoms with E-state index in [0.29, 0.717) is 24.4 Å². The van der Waals surface area contributed by atoms with Gasteiger partial charge < -0.3 is 29.0 Å². The Kier molecular flexibility index (Phi) is 8.48. The molecule has 0 aliphatic carbocycles. The predicted octanol–water partition coefficient (Wildman–Crippen LogP) is 3.30. The van der Waals surface area contributed by atoms with Crippen LogP contribution < -0.4 is 9.64 Å². The van der Waals surface area contributed by atoms with Crippen LogP contribution in [0.25, 0.3) is 0 Å². The Balaban J connectivity index is 1.40. The maximum Gasteiger partial charge on any atom is 0.304 e. The molecule has 3 heterocycles. The summed E-state index contributed by atoms with van der Waals surface area (Å²) in [7, 11) is -1.35. The van der Waals surface area contributed by atoms with Crippen LogP contribution in [0.2, 0.25) is 18.6 Å². The molecule has 0 spiro atoms. The number of hydrogen-bond acceptors (Lipinski definition) is 8. The number of amides is 2. The van der Waals surface area contributed by atoms with E-state index in [0.717, 1.165) is 16.7 Å². The van der Waals surface area contributed by atoms with Crippen molar-refractivity contribution in [1.29, 1.82) is 0 Å². The summed E-state index contributed by atoms with van der Waals surface area (Å²) >= 11 is 0. The Morgan fingerprint density at radius 2 is 1.86 bits per heavy atom. The number of ether oxygens (including phenoxy) is 3. The number of nitrogens with zero attached hydrogens (tertiary/aromatic N) is 2. The van der Waals surface area contributed by atoms with E-state index in [1.165, 1.54) is 11.8 Å². The second kappa shape index (κ2) is 11.8. The summed E-state index contributed by atoms with van der Waals surface area (Å²) < 4.78 is 17.8. The zero-order valence-electron chi connectivity index (χ0n) is 24.8. The van der Waals surface area contributed by atoms with Crippen molar-refractivity contribution in [2.45, 2.75) is 82.8 Å². The van der Waals surface area contributed by atoms with E-state index < -0.39 is 38.3 Å². The van der Waals surface area contributed by atoms with Crippen molar-refractivity contribution in [2.24, 2.45) is 5.92 Å². The first-order valence-corrected chi connectivity index (χ1v) is 17.5. The Morgan fingerprint density at radius 3 is 2.48 bits per heavy atom. The van der Waals surface area contributed by atoms with Crippen LogP contribution in [0.15, 0.2) is 42.5 Å². The first-order valence-electron chi connectivity index (χ1n) is 14.4. The van der Waals surface area contributed by atoms with Crippen molar-refractivity contribution in [3.63, 3.8) is 0 Å². The molecule has 11 heteroatoms. The van der Waals surface area contributed by atoms with Gasteiger partial charge in [-0.05, 0) is 48.8 Å². The number of aliphatic hydroxyl groups is 1. The molecule has 42 heavy (non-hydrogen) atoms. The molecule has 0 saturated carbocycles. The molecule has 2 aromatic carbocycles. The smallest absolute Gasteiger partial charge is 0.304 e. The number of aliphatic hydroxyl groups excluding tert-OH is 1. The summed E-state index contributed by atoms with van der Waals surface area (Å²) in [6.07, 6.45) is -0.787. The molecule has 10 nitrogen and oxygen atoms in total. The Morgan fingerprint density at radius 1 is 1.14 bits per heavy atom. The van der Waals surface area contributed by atoms with Crippen molar-refractivity contribution >= 4 is 31.8 Å². The van der Waals surface area contributed by atoms with Gasteiger partial charge in [-0.2, -0.15) is 0 Å². The molecular formula is C31H40N2O8Si. The quantitative estimate of drug-likeness (QED) is 0.270. The number of β-lactam (4-membered cyclic amide) rings is 1. The molecule has 2 unspecified atom stereocenters. The number of hydrogen-bond donors (Lipinski definition) is 2. The van der Waals surface area contributed by atoms with Crippen molar-refractivity contribution in [2.75, 3.05) is 18.6 Å². The molecule has 1 saturated heterocycles. The first kappa shape index (κ1) is 30.2. The lowest BCUT2D eigenvalue weighted by Crippen LogP contribution is -2.55. The molecule has 3 aliphatic rings. The predicted molar refractivity (Wildman–Crippen MR) is 157 cm³/mol. The van der Waals surface area contributed by atoms with Gasteiger partial charge in [-0.15, -0.1) is 0 Å². The Hall–Kier alpha value is -3.25. The van der Waals surface area contributed by atoms with Gasteiger partial charge in [0.2, 0.25) is 11.8 Å². The fraction of sp³-hybridized carbons (Fsp3) is 0.516. The molecule has 0 radical (unpaired) electrons. The number of fused-ring (bicyclic) bond motifs is 2. The second-order valence-electron chi connectivity index (χ2n) is 12.1. The van der Waals surface area contributed by atoms with Crippen molar-refractivity contribution in [1.82, 2.24) is 4.90 Å². The Labute approximate surface area is 247 Å². The highest BCUT2D eigenvalue weighted by molar-refractivity contribution is 6.71. The molecule has 226 valence electrons. The SMILES string of the molecule is CO[C@@H]1c2cc(N3C(=O)CC3OC(C)=O)ccc2O[C@H](C(CC(=O)N2Cc3ccccc3C[C@H]2CO)[Si](C)(C)O)[C@H]1C. The zero-order valence-corrected chi connectivity index (χ0v) is 25.8. The molecule has 3 aliphatic heterocycles. The van der Waals surface area contributed by atoms with Gasteiger partial charge in [-0.1, -0.05) is 31.2 Å². The summed E-state index contributed by atoms with van der Waals surface area (Å²) in [6.45, 7) is 7.21. The van der Waals surface area contributed by atoms with Gasteiger partial charge >= 0.3 is 5.97 Å². The number of rotatable bonds is 8. The van der Waals surface area contributed by atoms with E-state index in [-0.39, 0.29) is 43.2 Å². The highest BCUT2D eigenvalue weighted by atomic mass is 28.4. The summed E-state index contributed by atoms with van der Waals surface area (Å²) in [5.74, 6) is -0.406. The van der Waals surface area contributed by atoms with E-state index in [2.05, 4.69) is 0 Å². The van der Waals surface area contributed by atoms with Crippen molar-refractivity contribution < 1.29 is 38.5 Å². The molecule has 6 atom stereocenters. The van der Waals surface area contributed by atoms with Gasteiger partial charge in [0.05, 0.1) is 25.2 Å². The van der Waals surface area contributed by atoms with Crippen LogP contribution in [-0.2, 0) is 36.8 Å². The van der Waals surface area contributed by atoms with Gasteiger partial charge in [0.1, 0.15) is 11.9 Å². The lowest BCUT2D eigenvalue weighted by atomic mass is 9.85. The van der Waals surface area contributed by atoms with Gasteiger partial charge in [-0.3, -0.25) is 19.3 Å². The third-order valence-corrected chi connectivity index (χ3v) is 11.2. The van der Waals surface area contributed by atoms with E-state index in [1.807, 2.05) is 50.3 Å². The number of anilines is 1. The van der Waals surface area contributed by atoms with E-state index in [1.54, 1.807) is 24.1 Å². The van der Waals surface area contributed by atoms with E-state index in [4.69, 9.17) is 14.2 Å². The first-order chi connectivity index (χ1) is 19.9. The highest BCUT2D eigenvalue weighted by Crippen LogP contribution is 2.48. The van der Waals surface area contributed by atoms with Crippen LogP contribution in [0.3, 0.4) is 0 Å². The standard InChI is InChI=1S/C31H40N2O8Si/c1-18-30(39-3)24-13-22(33-28(37)15-29(33)40-19(2)35)10-11-25(24)41-31(18)26(42(4,5)38)14-27(36)32-16-21-9-7-6-8-20(21)12-23(32)17-34/h6-11,13,18,23,26,29-31,34,38H,12,14-17H2,1-5H3/t18-,23-,26?,29?,30-,31-/m0/s1. The minimum Gasteiger partial charge on any atom is -0.490 e. The third kappa shape index (κ3) is 5.70. The minimum atomic E-state index is -2.96. The van der Waals surface area contributed by atoms with Crippen LogP contribution in [0.4, 0.5) is 5.69 Å². The van der Waals surface area contributed by atoms with E-state index in [9.17, 15) is 24.3 Å². The molecule has 2 amide bonds. The van der Waals surface area contributed by atoms with Crippen molar-refractivity contribution in [3.05, 3.63) is 59.2 Å². The summed E-state index contributed by atoms with van der Waals surface area (Å²) in [6, 6.07) is 13.0. The number of benzene rings is 2. The molecular weight excluding hydrogens is 556 g/mol. The molecule has 0 aromatic heterocycles. The van der Waals surface area contributed by atoms with Gasteiger partial charge in [0.15, 0.2) is 14.5 Å². The third-order valence-electron chi connectivity index (χ3n) is 8.88. The second-order valence-corrected chi connectivity index (χ2v) is 16.2. The van der Waals surface area contributed by atoms with Gasteiger partial charge in [0, 0.05) is 49.7 Å². The summed E-state index contributed by atoms with van der Waals surface area (Å²) in [5.41, 5.74) is 3.08. The number of carbonyl (C=O) groups excluding carboxylic acids is 3. The summed E-state index contributed by atoms with van der Waals surface area (Å²) in [4.78, 5) is 52.4. The van der Waals surface area contributed by atoms with Crippen LogP contribution in [0.5, 0.6) is 5.75 Å². The highest BCUT2D eigenvalue weighted by Gasteiger charge is 2.48. The molecule has 2 aromatic rings. The van der Waals surface area contributed by atoms with Gasteiger partial charge in [0.25, 0.3) is 0 Å². The van der Waals surface area contributed by atoms with E-state index >= 15 is 0 Å². The van der Waals surface area contributed by atoms with Gasteiger partial charge in [-0.25, -0.2) is 0 Å². The van der Waals surface area contributed by atoms with Crippen LogP contribution >= 0.6 is 0 Å². The van der Waals surface area contributed by atoms with Crippen LogP contribution in [0.1, 0.15) is 49.5 Å². The minimum absolute atomic E-state index is 0.0829. The zero-order chi connectivity index (χ0) is 30.3. The van der Waals surface area contributed by atoms with Crippen molar-refractivity contribution in [3.8, 4) is 5.75 Å². The maximum atomic E-state index is 13.8. The molecule has 0 bridgehead atoms. The van der Waals surface area contributed by atoms with Crippen LogP contribution in [0, 0.1) is 5.92 Å². The number of carbonyl (C=O) groups is 3. The number of esters is 1. The Bertz CT molecular complexity index is 1360. The summed E-state index contributed by atoms with van der Waals surface area (Å²) in [5, 5.41) is 10.1. The number of methoxy groups -OCH3 is 1. The normalized spacial score (nSPS) is 26.0. The average Bonchev–Trinajstić information content (AvgIpc) is 2.93. The molecule has 1 fully saturated rings. The van der Waals surface area contributed by atoms with Crippen LogP contribution in [-0.4, -0.2) is 73.0 Å². The molecule has 5 rings (SSSR count). The monoisotopic (exact) mass is 596 g/mol. The molecule has 2 N–H and O–H groups in total. The lowest BCUT2D eigenvalue weighted by Gasteiger charge is -2.45. The largest absolute Gasteiger partial charge is 0.490 e.